The molecule has 1 aliphatic heterocycles. The van der Waals surface area contributed by atoms with Gasteiger partial charge in [0.1, 0.15) is 36.1 Å². The molecule has 1 aliphatic rings. The predicted octanol–water partition coefficient (Wildman–Crippen LogP) is 8.11. The van der Waals surface area contributed by atoms with Crippen molar-refractivity contribution in [2.24, 2.45) is 0 Å². The van der Waals surface area contributed by atoms with Crippen LogP contribution in [-0.4, -0.2) is 17.8 Å². The Morgan fingerprint density at radius 2 is 1.56 bits per heavy atom. The smallest absolute Gasteiger partial charge is 0.335 e. The standard InChI is InChI=1S/C35H23Cl2FN2O5/c36-24-9-7-23(31(37)17-24)20-44-27-14-12-26(13-15-27)40-34(42)30(33(41)39-35(40)43)18-29-28-4-2-1-3-22(28)8-16-32(29)45-19-21-5-10-25(38)11-6-21/h1-18H,19-20H2,(H,39,41,43)/b30-18+. The van der Waals surface area contributed by atoms with Gasteiger partial charge < -0.3 is 9.47 Å². The van der Waals surface area contributed by atoms with Gasteiger partial charge in [0.05, 0.1) is 5.69 Å². The molecule has 6 rings (SSSR count). The van der Waals surface area contributed by atoms with Crippen molar-refractivity contribution in [1.29, 1.82) is 0 Å². The number of imide groups is 2. The Morgan fingerprint density at radius 3 is 2.31 bits per heavy atom. The molecule has 10 heteroatoms. The van der Waals surface area contributed by atoms with Gasteiger partial charge >= 0.3 is 6.03 Å². The second-order valence-electron chi connectivity index (χ2n) is 10.1. The number of rotatable bonds is 8. The van der Waals surface area contributed by atoms with E-state index < -0.39 is 17.8 Å². The summed E-state index contributed by atoms with van der Waals surface area (Å²) in [6, 6.07) is 27.4. The minimum absolute atomic E-state index is 0.123. The van der Waals surface area contributed by atoms with Gasteiger partial charge in [-0.25, -0.2) is 14.1 Å². The van der Waals surface area contributed by atoms with Gasteiger partial charge in [0.15, 0.2) is 0 Å². The number of hydrogen-bond acceptors (Lipinski definition) is 5. The lowest BCUT2D eigenvalue weighted by Crippen LogP contribution is -2.54. The van der Waals surface area contributed by atoms with Crippen LogP contribution in [0.15, 0.2) is 109 Å². The number of fused-ring (bicyclic) bond motifs is 1. The minimum Gasteiger partial charge on any atom is -0.489 e. The predicted molar refractivity (Wildman–Crippen MR) is 171 cm³/mol. The monoisotopic (exact) mass is 640 g/mol. The van der Waals surface area contributed by atoms with E-state index in [-0.39, 0.29) is 30.3 Å². The highest BCUT2D eigenvalue weighted by Crippen LogP contribution is 2.33. The van der Waals surface area contributed by atoms with Crippen LogP contribution < -0.4 is 19.7 Å². The fraction of sp³-hybridized carbons (Fsp3) is 0.0571. The Balaban J connectivity index is 1.28. The molecule has 0 aliphatic carbocycles. The maximum absolute atomic E-state index is 13.7. The number of carbonyl (C=O) groups is 3. The number of benzene rings is 5. The average molecular weight is 641 g/mol. The summed E-state index contributed by atoms with van der Waals surface area (Å²) in [5.41, 5.74) is 1.93. The number of halogens is 3. The van der Waals surface area contributed by atoms with E-state index >= 15 is 0 Å². The minimum atomic E-state index is -0.880. The fourth-order valence-corrected chi connectivity index (χ4v) is 5.28. The van der Waals surface area contributed by atoms with Gasteiger partial charge in [-0.2, -0.15) is 0 Å². The molecule has 1 heterocycles. The topological polar surface area (TPSA) is 84.9 Å². The summed E-state index contributed by atoms with van der Waals surface area (Å²) in [6.45, 7) is 0.300. The van der Waals surface area contributed by atoms with Gasteiger partial charge in [-0.3, -0.25) is 14.9 Å². The van der Waals surface area contributed by atoms with Gasteiger partial charge in [-0.15, -0.1) is 0 Å². The molecule has 0 bridgehead atoms. The summed E-state index contributed by atoms with van der Waals surface area (Å²) in [7, 11) is 0. The zero-order valence-corrected chi connectivity index (χ0v) is 24.9. The van der Waals surface area contributed by atoms with E-state index in [1.165, 1.54) is 18.2 Å². The zero-order chi connectivity index (χ0) is 31.5. The highest BCUT2D eigenvalue weighted by molar-refractivity contribution is 6.39. The van der Waals surface area contributed by atoms with Gasteiger partial charge in [-0.05, 0) is 77.0 Å². The van der Waals surface area contributed by atoms with Crippen LogP contribution in [0.25, 0.3) is 16.8 Å². The lowest BCUT2D eigenvalue weighted by atomic mass is 9.99. The van der Waals surface area contributed by atoms with E-state index in [4.69, 9.17) is 32.7 Å². The summed E-state index contributed by atoms with van der Waals surface area (Å²) in [6.07, 6.45) is 1.42. The Labute approximate surface area is 267 Å². The van der Waals surface area contributed by atoms with Gasteiger partial charge in [0.25, 0.3) is 11.8 Å². The van der Waals surface area contributed by atoms with Crippen molar-refractivity contribution in [1.82, 2.24) is 5.32 Å². The first kappa shape index (κ1) is 29.9. The van der Waals surface area contributed by atoms with E-state index in [2.05, 4.69) is 5.32 Å². The van der Waals surface area contributed by atoms with E-state index in [0.29, 0.717) is 27.1 Å². The van der Waals surface area contributed by atoms with Crippen molar-refractivity contribution in [3.8, 4) is 11.5 Å². The number of hydrogen-bond donors (Lipinski definition) is 1. The molecule has 0 spiro atoms. The first-order valence-electron chi connectivity index (χ1n) is 13.7. The first-order valence-corrected chi connectivity index (χ1v) is 14.5. The molecule has 5 aromatic rings. The largest absolute Gasteiger partial charge is 0.489 e. The lowest BCUT2D eigenvalue weighted by molar-refractivity contribution is -0.122. The number of nitrogens with zero attached hydrogens (tertiary/aromatic N) is 1. The number of amides is 4. The molecule has 1 fully saturated rings. The van der Waals surface area contributed by atoms with Crippen LogP contribution in [0.5, 0.6) is 11.5 Å². The number of urea groups is 1. The van der Waals surface area contributed by atoms with Crippen LogP contribution in [0, 0.1) is 5.82 Å². The number of anilines is 1. The first-order chi connectivity index (χ1) is 21.8. The van der Waals surface area contributed by atoms with E-state index in [0.717, 1.165) is 26.8 Å². The normalized spacial score (nSPS) is 14.2. The van der Waals surface area contributed by atoms with Crippen LogP contribution in [-0.2, 0) is 22.8 Å². The maximum atomic E-state index is 13.7. The summed E-state index contributed by atoms with van der Waals surface area (Å²) in [4.78, 5) is 40.5. The molecule has 0 unspecified atom stereocenters. The third-order valence-corrected chi connectivity index (χ3v) is 7.72. The van der Waals surface area contributed by atoms with Crippen molar-refractivity contribution < 1.29 is 28.2 Å². The molecule has 4 amide bonds. The Morgan fingerprint density at radius 1 is 0.800 bits per heavy atom. The SMILES string of the molecule is O=C1NC(=O)N(c2ccc(OCc3ccc(Cl)cc3Cl)cc2)C(=O)/C1=C/c1c(OCc2ccc(F)cc2)ccc2ccccc12. The second kappa shape index (κ2) is 12.8. The van der Waals surface area contributed by atoms with Crippen molar-refractivity contribution in [3.05, 3.63) is 141 Å². The second-order valence-corrected chi connectivity index (χ2v) is 10.9. The molecular weight excluding hydrogens is 618 g/mol. The molecular formula is C35H23Cl2FN2O5. The van der Waals surface area contributed by atoms with Gasteiger partial charge in [0.2, 0.25) is 0 Å². The fourth-order valence-electron chi connectivity index (χ4n) is 4.82. The summed E-state index contributed by atoms with van der Waals surface area (Å²) in [5, 5.41) is 4.82. The molecule has 45 heavy (non-hydrogen) atoms. The number of nitrogens with one attached hydrogen (secondary N) is 1. The Hall–Kier alpha value is -5.18. The van der Waals surface area contributed by atoms with Crippen LogP contribution in [0.3, 0.4) is 0 Å². The van der Waals surface area contributed by atoms with Gasteiger partial charge in [0, 0.05) is 21.2 Å². The van der Waals surface area contributed by atoms with Gasteiger partial charge in [-0.1, -0.05) is 71.7 Å². The average Bonchev–Trinajstić information content (AvgIpc) is 3.03. The van der Waals surface area contributed by atoms with E-state index in [1.807, 2.05) is 30.3 Å². The van der Waals surface area contributed by atoms with E-state index in [1.54, 1.807) is 60.7 Å². The maximum Gasteiger partial charge on any atom is 0.335 e. The van der Waals surface area contributed by atoms with Crippen molar-refractivity contribution in [2.45, 2.75) is 13.2 Å². The quantitative estimate of drug-likeness (QED) is 0.137. The molecule has 0 radical (unpaired) electrons. The van der Waals surface area contributed by atoms with Crippen LogP contribution in [0.2, 0.25) is 10.0 Å². The van der Waals surface area contributed by atoms with Crippen LogP contribution in [0.4, 0.5) is 14.9 Å². The van der Waals surface area contributed by atoms with Crippen molar-refractivity contribution >= 4 is 63.6 Å². The van der Waals surface area contributed by atoms with Crippen LogP contribution in [0.1, 0.15) is 16.7 Å². The van der Waals surface area contributed by atoms with Crippen LogP contribution >= 0.6 is 23.2 Å². The molecule has 0 atom stereocenters. The molecule has 224 valence electrons. The summed E-state index contributed by atoms with van der Waals surface area (Å²) in [5.74, 6) is -1.13. The molecule has 0 aromatic heterocycles. The Bertz CT molecular complexity index is 1980. The number of barbiturate groups is 1. The molecule has 1 N–H and O–H groups in total. The summed E-state index contributed by atoms with van der Waals surface area (Å²) < 4.78 is 25.3. The van der Waals surface area contributed by atoms with Crippen molar-refractivity contribution in [3.63, 3.8) is 0 Å². The zero-order valence-electron chi connectivity index (χ0n) is 23.4. The highest BCUT2D eigenvalue weighted by atomic mass is 35.5. The molecule has 5 aromatic carbocycles. The van der Waals surface area contributed by atoms with Crippen molar-refractivity contribution in [2.75, 3.05) is 4.90 Å². The third kappa shape index (κ3) is 6.52. The lowest BCUT2D eigenvalue weighted by Gasteiger charge is -2.26. The third-order valence-electron chi connectivity index (χ3n) is 7.13. The number of carbonyl (C=O) groups excluding carboxylic acids is 3. The molecule has 0 saturated carbocycles. The molecule has 1 saturated heterocycles. The summed E-state index contributed by atoms with van der Waals surface area (Å²) >= 11 is 12.2. The highest BCUT2D eigenvalue weighted by Gasteiger charge is 2.37. The molecule has 7 nitrogen and oxygen atoms in total. The Kier molecular flexibility index (Phi) is 8.51. The van der Waals surface area contributed by atoms with E-state index in [9.17, 15) is 18.8 Å². The number of ether oxygens (including phenoxy) is 2.